The Morgan fingerprint density at radius 1 is 1.41 bits per heavy atom. The number of hydrogen-bond acceptors (Lipinski definition) is 2. The van der Waals surface area contributed by atoms with Crippen LogP contribution in [0.3, 0.4) is 0 Å². The fraction of sp³-hybridized carbons (Fsp3) is 0.500. The van der Waals surface area contributed by atoms with Crippen LogP contribution in [0.1, 0.15) is 37.6 Å². The zero-order valence-corrected chi connectivity index (χ0v) is 10.5. The van der Waals surface area contributed by atoms with E-state index in [4.69, 9.17) is 0 Å². The van der Waals surface area contributed by atoms with Crippen LogP contribution >= 0.6 is 0 Å². The molecule has 1 aliphatic heterocycles. The van der Waals surface area contributed by atoms with Crippen LogP contribution in [0.4, 0.5) is 10.1 Å². The van der Waals surface area contributed by atoms with Gasteiger partial charge in [-0.25, -0.2) is 4.39 Å². The Morgan fingerprint density at radius 3 is 2.59 bits per heavy atom. The van der Waals surface area contributed by atoms with Crippen molar-refractivity contribution in [3.05, 3.63) is 29.6 Å². The van der Waals surface area contributed by atoms with Gasteiger partial charge in [0.1, 0.15) is 5.82 Å². The molecule has 0 amide bonds. The maximum atomic E-state index is 14.0. The summed E-state index contributed by atoms with van der Waals surface area (Å²) in [7, 11) is 0. The number of carbonyl (C=O) groups is 1. The third-order valence-electron chi connectivity index (χ3n) is 3.45. The molecular weight excluding hydrogens is 217 g/mol. The lowest BCUT2D eigenvalue weighted by atomic mass is 10.1. The molecule has 2 rings (SSSR count). The molecule has 2 nitrogen and oxygen atoms in total. The van der Waals surface area contributed by atoms with E-state index in [1.165, 1.54) is 13.0 Å². The third kappa shape index (κ3) is 2.33. The number of Topliss-reactive ketones (excluding diaryl/α,β-unsaturated/α-hetero) is 1. The van der Waals surface area contributed by atoms with Crippen LogP contribution in [0.25, 0.3) is 0 Å². The highest BCUT2D eigenvalue weighted by Gasteiger charge is 2.28. The lowest BCUT2D eigenvalue weighted by Crippen LogP contribution is -2.27. The molecular formula is C14H18FNO. The maximum Gasteiger partial charge on any atom is 0.159 e. The van der Waals surface area contributed by atoms with Gasteiger partial charge in [-0.1, -0.05) is 6.92 Å². The van der Waals surface area contributed by atoms with E-state index in [9.17, 15) is 9.18 Å². The number of hydrogen-bond donors (Lipinski definition) is 0. The van der Waals surface area contributed by atoms with E-state index in [2.05, 4.69) is 18.7 Å². The molecule has 0 saturated carbocycles. The number of rotatable bonds is 2. The second-order valence-electron chi connectivity index (χ2n) is 5.06. The van der Waals surface area contributed by atoms with Gasteiger partial charge in [0.2, 0.25) is 0 Å². The summed E-state index contributed by atoms with van der Waals surface area (Å²) < 4.78 is 14.0. The maximum absolute atomic E-state index is 14.0. The van der Waals surface area contributed by atoms with E-state index >= 15 is 0 Å². The van der Waals surface area contributed by atoms with Gasteiger partial charge in [0.25, 0.3) is 0 Å². The first-order chi connectivity index (χ1) is 7.99. The Kier molecular flexibility index (Phi) is 3.18. The summed E-state index contributed by atoms with van der Waals surface area (Å²) in [4.78, 5) is 13.3. The fourth-order valence-corrected chi connectivity index (χ4v) is 2.59. The van der Waals surface area contributed by atoms with Crippen molar-refractivity contribution in [3.8, 4) is 0 Å². The van der Waals surface area contributed by atoms with Crippen molar-refractivity contribution in [3.63, 3.8) is 0 Å². The van der Waals surface area contributed by atoms with Crippen LogP contribution in [0, 0.1) is 11.7 Å². The minimum atomic E-state index is -0.293. The van der Waals surface area contributed by atoms with Crippen molar-refractivity contribution in [2.24, 2.45) is 5.92 Å². The average Bonchev–Trinajstić information content (AvgIpc) is 2.57. The molecule has 17 heavy (non-hydrogen) atoms. The van der Waals surface area contributed by atoms with E-state index in [-0.39, 0.29) is 11.6 Å². The minimum absolute atomic E-state index is 0.0988. The molecule has 2 atom stereocenters. The lowest BCUT2D eigenvalue weighted by Gasteiger charge is -2.24. The number of carbonyl (C=O) groups excluding carboxylic acids is 1. The standard InChI is InChI=1S/C14H18FNO/c1-9-6-10(2)16(8-9)14-5-4-12(11(3)17)7-13(14)15/h4-5,7,9-10H,6,8H2,1-3H3. The zero-order valence-electron chi connectivity index (χ0n) is 10.5. The highest BCUT2D eigenvalue weighted by Crippen LogP contribution is 2.30. The second kappa shape index (κ2) is 4.47. The molecule has 0 radical (unpaired) electrons. The van der Waals surface area contributed by atoms with Gasteiger partial charge in [0, 0.05) is 18.2 Å². The van der Waals surface area contributed by atoms with Crippen LogP contribution in [0.15, 0.2) is 18.2 Å². The molecule has 1 aromatic carbocycles. The van der Waals surface area contributed by atoms with Crippen LogP contribution in [-0.4, -0.2) is 18.4 Å². The summed E-state index contributed by atoms with van der Waals surface area (Å²) in [5.41, 5.74) is 1.05. The third-order valence-corrected chi connectivity index (χ3v) is 3.45. The topological polar surface area (TPSA) is 20.3 Å². The van der Waals surface area contributed by atoms with E-state index < -0.39 is 0 Å². The Hall–Kier alpha value is -1.38. The molecule has 1 aliphatic rings. The summed E-state index contributed by atoms with van der Waals surface area (Å²) in [5, 5.41) is 0. The molecule has 1 heterocycles. The molecule has 0 N–H and O–H groups in total. The molecule has 2 unspecified atom stereocenters. The van der Waals surface area contributed by atoms with Crippen molar-refractivity contribution >= 4 is 11.5 Å². The Bertz CT molecular complexity index is 444. The van der Waals surface area contributed by atoms with Gasteiger partial charge in [-0.05, 0) is 44.4 Å². The number of nitrogens with zero attached hydrogens (tertiary/aromatic N) is 1. The average molecular weight is 235 g/mol. The first-order valence-electron chi connectivity index (χ1n) is 6.06. The van der Waals surface area contributed by atoms with Gasteiger partial charge < -0.3 is 4.90 Å². The first kappa shape index (κ1) is 12.1. The van der Waals surface area contributed by atoms with Crippen LogP contribution in [0.5, 0.6) is 0 Å². The van der Waals surface area contributed by atoms with Crippen molar-refractivity contribution < 1.29 is 9.18 Å². The summed E-state index contributed by atoms with van der Waals surface area (Å²) in [6, 6.07) is 5.13. The van der Waals surface area contributed by atoms with Crippen molar-refractivity contribution in [1.29, 1.82) is 0 Å². The molecule has 0 aromatic heterocycles. The Balaban J connectivity index is 2.31. The molecule has 1 saturated heterocycles. The van der Waals surface area contributed by atoms with Crippen LogP contribution in [-0.2, 0) is 0 Å². The summed E-state index contributed by atoms with van der Waals surface area (Å²) in [6.07, 6.45) is 1.09. The second-order valence-corrected chi connectivity index (χ2v) is 5.06. The largest absolute Gasteiger partial charge is 0.366 e. The van der Waals surface area contributed by atoms with E-state index in [0.29, 0.717) is 23.2 Å². The van der Waals surface area contributed by atoms with Gasteiger partial charge in [-0.3, -0.25) is 4.79 Å². The molecule has 0 spiro atoms. The van der Waals surface area contributed by atoms with Crippen LogP contribution in [0.2, 0.25) is 0 Å². The smallest absolute Gasteiger partial charge is 0.159 e. The lowest BCUT2D eigenvalue weighted by molar-refractivity contribution is 0.101. The summed E-state index contributed by atoms with van der Waals surface area (Å²) in [5.74, 6) is 0.203. The van der Waals surface area contributed by atoms with Gasteiger partial charge in [-0.2, -0.15) is 0 Å². The molecule has 1 fully saturated rings. The monoisotopic (exact) mass is 235 g/mol. The SMILES string of the molecule is CC(=O)c1ccc(N2CC(C)CC2C)c(F)c1. The number of ketones is 1. The van der Waals surface area contributed by atoms with Gasteiger partial charge in [0.05, 0.1) is 5.69 Å². The first-order valence-corrected chi connectivity index (χ1v) is 6.06. The zero-order chi connectivity index (χ0) is 12.6. The van der Waals surface area contributed by atoms with Crippen molar-refractivity contribution in [2.75, 3.05) is 11.4 Å². The fourth-order valence-electron chi connectivity index (χ4n) is 2.59. The van der Waals surface area contributed by atoms with Gasteiger partial charge in [-0.15, -0.1) is 0 Å². The van der Waals surface area contributed by atoms with E-state index in [0.717, 1.165) is 13.0 Å². The van der Waals surface area contributed by atoms with Crippen LogP contribution < -0.4 is 4.90 Å². The number of anilines is 1. The van der Waals surface area contributed by atoms with E-state index in [1.54, 1.807) is 12.1 Å². The number of benzene rings is 1. The molecule has 3 heteroatoms. The predicted octanol–water partition coefficient (Wildman–Crippen LogP) is 3.26. The minimum Gasteiger partial charge on any atom is -0.366 e. The summed E-state index contributed by atoms with van der Waals surface area (Å²) in [6.45, 7) is 6.63. The van der Waals surface area contributed by atoms with E-state index in [1.807, 2.05) is 0 Å². The van der Waals surface area contributed by atoms with Gasteiger partial charge in [0.15, 0.2) is 5.78 Å². The van der Waals surface area contributed by atoms with Crippen molar-refractivity contribution in [1.82, 2.24) is 0 Å². The molecule has 0 aliphatic carbocycles. The normalized spacial score (nSPS) is 24.1. The quantitative estimate of drug-likeness (QED) is 0.733. The summed E-state index contributed by atoms with van der Waals surface area (Å²) >= 11 is 0. The van der Waals surface area contributed by atoms with Gasteiger partial charge >= 0.3 is 0 Å². The molecule has 1 aromatic rings. The molecule has 92 valence electrons. The highest BCUT2D eigenvalue weighted by atomic mass is 19.1. The number of halogens is 1. The predicted molar refractivity (Wildman–Crippen MR) is 67.0 cm³/mol. The highest BCUT2D eigenvalue weighted by molar-refractivity contribution is 5.94. The Morgan fingerprint density at radius 2 is 2.12 bits per heavy atom. The molecule has 0 bridgehead atoms. The van der Waals surface area contributed by atoms with Crippen molar-refractivity contribution in [2.45, 2.75) is 33.2 Å². The Labute approximate surface area is 101 Å².